The van der Waals surface area contributed by atoms with Crippen molar-refractivity contribution in [1.82, 2.24) is 13.5 Å². The monoisotopic (exact) mass is 534 g/mol. The maximum absolute atomic E-state index is 14.2. The Kier molecular flexibility index (Phi) is 6.60. The van der Waals surface area contributed by atoms with Crippen LogP contribution < -0.4 is 10.0 Å². The lowest BCUT2D eigenvalue weighted by atomic mass is 10.1. The van der Waals surface area contributed by atoms with E-state index < -0.39 is 27.8 Å². The van der Waals surface area contributed by atoms with Crippen molar-refractivity contribution in [3.63, 3.8) is 0 Å². The van der Waals surface area contributed by atoms with Crippen LogP contribution in [-0.2, 0) is 21.2 Å². The molecule has 1 amide bonds. The highest BCUT2D eigenvalue weighted by atomic mass is 79.9. The number of sulfonamides is 1. The average molecular weight is 535 g/mol. The molecule has 164 valence electrons. The van der Waals surface area contributed by atoms with E-state index in [0.717, 1.165) is 17.3 Å². The third-order valence-corrected chi connectivity index (χ3v) is 7.16. The van der Waals surface area contributed by atoms with Crippen LogP contribution >= 0.6 is 27.7 Å². The number of nitrogens with one attached hydrogen (secondary N) is 2. The highest BCUT2D eigenvalue weighted by molar-refractivity contribution is 9.10. The van der Waals surface area contributed by atoms with Gasteiger partial charge >= 0.3 is 0 Å². The van der Waals surface area contributed by atoms with Gasteiger partial charge in [-0.2, -0.15) is 13.5 Å². The lowest BCUT2D eigenvalue weighted by molar-refractivity contribution is -0.117. The number of fused-ring (bicyclic) bond motifs is 1. The van der Waals surface area contributed by atoms with Crippen LogP contribution in [0, 0.1) is 5.82 Å². The fraction of sp³-hybridized carbons (Fsp3) is 0.0952. The number of carbonyl (C=O) groups excluding carboxylic acids is 1. The van der Waals surface area contributed by atoms with Gasteiger partial charge in [0.25, 0.3) is 0 Å². The zero-order valence-electron chi connectivity index (χ0n) is 16.3. The van der Waals surface area contributed by atoms with Gasteiger partial charge in [-0.25, -0.2) is 12.8 Å². The Balaban J connectivity index is 1.66. The second-order valence-corrected chi connectivity index (χ2v) is 9.99. The summed E-state index contributed by atoms with van der Waals surface area (Å²) in [6.45, 7) is 0. The summed E-state index contributed by atoms with van der Waals surface area (Å²) in [5.74, 6) is -1.34. The summed E-state index contributed by atoms with van der Waals surface area (Å²) in [6.07, 6.45) is 0.0648. The van der Waals surface area contributed by atoms with Gasteiger partial charge < -0.3 is 5.32 Å². The first-order chi connectivity index (χ1) is 15.3. The molecule has 4 rings (SSSR count). The normalized spacial score (nSPS) is 12.6. The maximum Gasteiger partial charge on any atom is 0.243 e. The number of hydrogen-bond acceptors (Lipinski definition) is 6. The van der Waals surface area contributed by atoms with Crippen molar-refractivity contribution in [2.24, 2.45) is 0 Å². The molecule has 11 heteroatoms. The van der Waals surface area contributed by atoms with Crippen molar-refractivity contribution >= 4 is 60.3 Å². The molecule has 2 N–H and O–H groups in total. The minimum Gasteiger partial charge on any atom is -0.322 e. The Morgan fingerprint density at radius 1 is 1.06 bits per heavy atom. The average Bonchev–Trinajstić information content (AvgIpc) is 3.24. The van der Waals surface area contributed by atoms with Crippen LogP contribution in [0.4, 0.5) is 10.1 Å². The summed E-state index contributed by atoms with van der Waals surface area (Å²) < 4.78 is 51.7. The van der Waals surface area contributed by atoms with E-state index in [0.29, 0.717) is 9.99 Å². The molecular weight excluding hydrogens is 519 g/mol. The molecule has 0 aliphatic carbocycles. The maximum atomic E-state index is 14.2. The molecule has 1 heterocycles. The molecule has 4 aromatic rings. The van der Waals surface area contributed by atoms with Crippen LogP contribution in [-0.4, -0.2) is 29.1 Å². The van der Waals surface area contributed by atoms with Gasteiger partial charge in [0.2, 0.25) is 15.9 Å². The fourth-order valence-corrected chi connectivity index (χ4v) is 5.39. The predicted octanol–water partition coefficient (Wildman–Crippen LogP) is 4.12. The van der Waals surface area contributed by atoms with Gasteiger partial charge in [0.1, 0.15) is 27.8 Å². The summed E-state index contributed by atoms with van der Waals surface area (Å²) in [7, 11) is -4.14. The smallest absolute Gasteiger partial charge is 0.243 e. The molecule has 1 aromatic heterocycles. The van der Waals surface area contributed by atoms with Crippen LogP contribution in [0.2, 0.25) is 0 Å². The molecule has 0 radical (unpaired) electrons. The fourth-order valence-electron chi connectivity index (χ4n) is 3.10. The molecule has 7 nitrogen and oxygen atoms in total. The minimum absolute atomic E-state index is 0.0544. The van der Waals surface area contributed by atoms with E-state index in [2.05, 4.69) is 34.7 Å². The third-order valence-electron chi connectivity index (χ3n) is 4.62. The van der Waals surface area contributed by atoms with Gasteiger partial charge in [-0.15, -0.1) is 0 Å². The molecule has 1 unspecified atom stereocenters. The van der Waals surface area contributed by atoms with Crippen molar-refractivity contribution in [2.75, 3.05) is 5.32 Å². The van der Waals surface area contributed by atoms with Crippen LogP contribution in [0.15, 0.2) is 76.1 Å². The van der Waals surface area contributed by atoms with E-state index in [1.54, 1.807) is 42.5 Å². The molecule has 0 spiro atoms. The molecule has 0 saturated carbocycles. The van der Waals surface area contributed by atoms with Crippen LogP contribution in [0.1, 0.15) is 5.56 Å². The van der Waals surface area contributed by atoms with Crippen LogP contribution in [0.25, 0.3) is 11.0 Å². The summed E-state index contributed by atoms with van der Waals surface area (Å²) in [6, 6.07) is 16.5. The van der Waals surface area contributed by atoms with Crippen molar-refractivity contribution < 1.29 is 17.6 Å². The lowest BCUT2D eigenvalue weighted by Crippen LogP contribution is -2.45. The highest BCUT2D eigenvalue weighted by Crippen LogP contribution is 2.23. The minimum atomic E-state index is -4.14. The predicted molar refractivity (Wildman–Crippen MR) is 124 cm³/mol. The van der Waals surface area contributed by atoms with E-state index in [1.807, 2.05) is 6.07 Å². The second-order valence-electron chi connectivity index (χ2n) is 6.87. The SMILES string of the molecule is O=C(Nc1ccc(Br)cc1F)C(Cc1ccccc1)NS(=O)(=O)c1cccc2nsnc12. The van der Waals surface area contributed by atoms with E-state index in [-0.39, 0.29) is 22.5 Å². The standard InChI is InChI=1S/C21H16BrFN4O3S2/c22-14-9-10-16(15(23)12-14)24-21(28)18(11-13-5-2-1-3-6-13)27-32(29,30)19-8-4-7-17-20(19)26-31-25-17/h1-10,12,18,27H,11H2,(H,24,28). The number of halogens is 2. The molecule has 3 aromatic carbocycles. The summed E-state index contributed by atoms with van der Waals surface area (Å²) >= 11 is 4.06. The number of benzene rings is 3. The van der Waals surface area contributed by atoms with E-state index in [1.165, 1.54) is 18.2 Å². The molecule has 0 bridgehead atoms. The van der Waals surface area contributed by atoms with Crippen molar-refractivity contribution in [2.45, 2.75) is 17.4 Å². The topological polar surface area (TPSA) is 101 Å². The van der Waals surface area contributed by atoms with Gasteiger partial charge in [-0.05, 0) is 42.3 Å². The molecule has 1 atom stereocenters. The largest absolute Gasteiger partial charge is 0.322 e. The Hall–Kier alpha value is -2.73. The Labute approximate surface area is 196 Å². The molecular formula is C21H16BrFN4O3S2. The molecule has 0 fully saturated rings. The Morgan fingerprint density at radius 2 is 1.84 bits per heavy atom. The zero-order valence-corrected chi connectivity index (χ0v) is 19.5. The number of nitrogens with zero attached hydrogens (tertiary/aromatic N) is 2. The number of carbonyl (C=O) groups is 1. The van der Waals surface area contributed by atoms with Crippen LogP contribution in [0.5, 0.6) is 0 Å². The molecule has 0 aliphatic rings. The first kappa shape index (κ1) is 22.5. The van der Waals surface area contributed by atoms with Crippen molar-refractivity contribution in [3.05, 3.63) is 82.6 Å². The van der Waals surface area contributed by atoms with Crippen LogP contribution in [0.3, 0.4) is 0 Å². The van der Waals surface area contributed by atoms with E-state index >= 15 is 0 Å². The van der Waals surface area contributed by atoms with Gasteiger partial charge in [0, 0.05) is 4.47 Å². The van der Waals surface area contributed by atoms with Gasteiger partial charge in [0.15, 0.2) is 0 Å². The highest BCUT2D eigenvalue weighted by Gasteiger charge is 2.28. The molecule has 0 saturated heterocycles. The van der Waals surface area contributed by atoms with Gasteiger partial charge in [-0.3, -0.25) is 4.79 Å². The summed E-state index contributed by atoms with van der Waals surface area (Å²) in [5, 5.41) is 2.48. The first-order valence-electron chi connectivity index (χ1n) is 9.37. The Bertz CT molecular complexity index is 1380. The van der Waals surface area contributed by atoms with Gasteiger partial charge in [0.05, 0.1) is 17.4 Å². The number of aromatic nitrogens is 2. The Morgan fingerprint density at radius 3 is 2.59 bits per heavy atom. The van der Waals surface area contributed by atoms with Crippen molar-refractivity contribution in [3.8, 4) is 0 Å². The number of amides is 1. The lowest BCUT2D eigenvalue weighted by Gasteiger charge is -2.19. The second kappa shape index (κ2) is 9.41. The van der Waals surface area contributed by atoms with E-state index in [4.69, 9.17) is 0 Å². The molecule has 0 aliphatic heterocycles. The summed E-state index contributed by atoms with van der Waals surface area (Å²) in [5.41, 5.74) is 1.35. The quantitative estimate of drug-likeness (QED) is 0.371. The number of hydrogen-bond donors (Lipinski definition) is 2. The summed E-state index contributed by atoms with van der Waals surface area (Å²) in [4.78, 5) is 13.0. The van der Waals surface area contributed by atoms with Crippen molar-refractivity contribution in [1.29, 1.82) is 0 Å². The van der Waals surface area contributed by atoms with E-state index in [9.17, 15) is 17.6 Å². The third kappa shape index (κ3) is 5.01. The van der Waals surface area contributed by atoms with Gasteiger partial charge in [-0.1, -0.05) is 52.3 Å². The molecule has 32 heavy (non-hydrogen) atoms. The first-order valence-corrected chi connectivity index (χ1v) is 12.4. The zero-order chi connectivity index (χ0) is 22.7. The number of rotatable bonds is 7. The number of anilines is 1.